The Morgan fingerprint density at radius 3 is 2.60 bits per heavy atom. The summed E-state index contributed by atoms with van der Waals surface area (Å²) in [5.74, 6) is 0.596. The van der Waals surface area contributed by atoms with Crippen LogP contribution in [0.25, 0.3) is 10.9 Å². The molecule has 0 unspecified atom stereocenters. The maximum absolute atomic E-state index is 12.4. The Morgan fingerprint density at radius 1 is 1.36 bits per heavy atom. The number of carbonyl (C=O) groups is 1. The SMILES string of the molecule is C=C1OB(c2ccc3c(c2)c(C)nn3C(=O)OC(C)(C)C)OC1(C)C. The van der Waals surface area contributed by atoms with Crippen molar-refractivity contribution in [3.8, 4) is 0 Å². The number of hydrogen-bond acceptors (Lipinski definition) is 5. The predicted molar refractivity (Wildman–Crippen MR) is 96.9 cm³/mol. The van der Waals surface area contributed by atoms with Crippen LogP contribution in [-0.2, 0) is 14.0 Å². The number of nitrogens with zero attached hydrogens (tertiary/aromatic N) is 2. The monoisotopic (exact) mass is 342 g/mol. The summed E-state index contributed by atoms with van der Waals surface area (Å²) in [6, 6.07) is 5.62. The number of aryl methyl sites for hydroxylation is 1. The second-order valence-corrected chi connectivity index (χ2v) is 7.76. The number of fused-ring (bicyclic) bond motifs is 1. The molecule has 3 rings (SSSR count). The van der Waals surface area contributed by atoms with E-state index in [-0.39, 0.29) is 0 Å². The van der Waals surface area contributed by atoms with Gasteiger partial charge in [-0.1, -0.05) is 12.6 Å². The van der Waals surface area contributed by atoms with Crippen molar-refractivity contribution in [2.45, 2.75) is 52.7 Å². The minimum absolute atomic E-state index is 0.499. The Balaban J connectivity index is 1.96. The third-order valence-electron chi connectivity index (χ3n) is 4.05. The van der Waals surface area contributed by atoms with Crippen LogP contribution in [0.15, 0.2) is 30.5 Å². The minimum atomic E-state index is -0.583. The van der Waals surface area contributed by atoms with Gasteiger partial charge in [-0.05, 0) is 59.1 Å². The Labute approximate surface area is 147 Å². The van der Waals surface area contributed by atoms with Crippen molar-refractivity contribution in [3.05, 3.63) is 36.2 Å². The third kappa shape index (κ3) is 3.29. The molecular formula is C18H23BN2O4. The van der Waals surface area contributed by atoms with Gasteiger partial charge in [0.05, 0.1) is 17.0 Å². The smallest absolute Gasteiger partial charge is 0.534 e. The second kappa shape index (κ2) is 5.63. The Hall–Kier alpha value is -2.28. The molecule has 25 heavy (non-hydrogen) atoms. The standard InChI is InChI=1S/C18H23BN2O4/c1-11-14-10-13(19-24-12(2)18(6,7)25-19)8-9-15(14)21(20-11)16(22)23-17(3,4)5/h8-10H,2H2,1,3-7H3. The largest absolute Gasteiger partial charge is 0.563 e. The topological polar surface area (TPSA) is 62.6 Å². The van der Waals surface area contributed by atoms with Crippen molar-refractivity contribution in [3.63, 3.8) is 0 Å². The lowest BCUT2D eigenvalue weighted by Crippen LogP contribution is -2.34. The van der Waals surface area contributed by atoms with Crippen molar-refractivity contribution in [2.75, 3.05) is 0 Å². The molecule has 2 heterocycles. The summed E-state index contributed by atoms with van der Waals surface area (Å²) in [6.45, 7) is 15.1. The van der Waals surface area contributed by atoms with E-state index in [1.807, 2.05) is 59.7 Å². The quantitative estimate of drug-likeness (QED) is 0.745. The van der Waals surface area contributed by atoms with Crippen molar-refractivity contribution < 1.29 is 18.8 Å². The lowest BCUT2D eigenvalue weighted by atomic mass is 9.78. The number of rotatable bonds is 1. The summed E-state index contributed by atoms with van der Waals surface area (Å²) in [6.07, 6.45) is -0.499. The molecule has 0 saturated carbocycles. The van der Waals surface area contributed by atoms with Crippen molar-refractivity contribution in [1.29, 1.82) is 0 Å². The lowest BCUT2D eigenvalue weighted by Gasteiger charge is -2.19. The molecule has 6 nitrogen and oxygen atoms in total. The number of hydrogen-bond donors (Lipinski definition) is 0. The molecule has 0 aliphatic carbocycles. The zero-order valence-electron chi connectivity index (χ0n) is 15.5. The highest BCUT2D eigenvalue weighted by molar-refractivity contribution is 6.62. The number of aromatic nitrogens is 2. The van der Waals surface area contributed by atoms with Crippen LogP contribution in [0.1, 0.15) is 40.3 Å². The summed E-state index contributed by atoms with van der Waals surface area (Å²) in [7, 11) is -0.517. The fourth-order valence-electron chi connectivity index (χ4n) is 2.64. The molecule has 1 aromatic heterocycles. The van der Waals surface area contributed by atoms with Crippen LogP contribution in [-0.4, -0.2) is 34.2 Å². The van der Waals surface area contributed by atoms with Gasteiger partial charge in [-0.15, -0.1) is 0 Å². The van der Waals surface area contributed by atoms with Crippen LogP contribution in [0, 0.1) is 6.92 Å². The van der Waals surface area contributed by atoms with E-state index in [1.54, 1.807) is 0 Å². The van der Waals surface area contributed by atoms with Crippen LogP contribution >= 0.6 is 0 Å². The van der Waals surface area contributed by atoms with Gasteiger partial charge in [-0.3, -0.25) is 0 Å². The highest BCUT2D eigenvalue weighted by Crippen LogP contribution is 2.29. The first-order valence-corrected chi connectivity index (χ1v) is 8.24. The lowest BCUT2D eigenvalue weighted by molar-refractivity contribution is 0.0522. The minimum Gasteiger partial charge on any atom is -0.534 e. The maximum atomic E-state index is 12.4. The van der Waals surface area contributed by atoms with Crippen LogP contribution < -0.4 is 5.46 Å². The highest BCUT2D eigenvalue weighted by atomic mass is 16.7. The van der Waals surface area contributed by atoms with Gasteiger partial charge in [-0.25, -0.2) is 4.79 Å². The van der Waals surface area contributed by atoms with Crippen LogP contribution in [0.2, 0.25) is 0 Å². The van der Waals surface area contributed by atoms with E-state index in [0.717, 1.165) is 16.5 Å². The van der Waals surface area contributed by atoms with Gasteiger partial charge in [0.2, 0.25) is 0 Å². The summed E-state index contributed by atoms with van der Waals surface area (Å²) in [5, 5.41) is 5.18. The summed E-state index contributed by atoms with van der Waals surface area (Å²) < 4.78 is 18.4. The first-order chi connectivity index (χ1) is 11.5. The van der Waals surface area contributed by atoms with Crippen molar-refractivity contribution in [1.82, 2.24) is 9.78 Å². The molecule has 1 saturated heterocycles. The van der Waals surface area contributed by atoms with Gasteiger partial charge in [0.25, 0.3) is 0 Å². The molecule has 0 radical (unpaired) electrons. The molecule has 1 fully saturated rings. The Bertz CT molecular complexity index is 864. The second-order valence-electron chi connectivity index (χ2n) is 7.76. The van der Waals surface area contributed by atoms with Crippen LogP contribution in [0.5, 0.6) is 0 Å². The Kier molecular flexibility index (Phi) is 3.95. The Morgan fingerprint density at radius 2 is 2.04 bits per heavy atom. The van der Waals surface area contributed by atoms with Crippen LogP contribution in [0.3, 0.4) is 0 Å². The van der Waals surface area contributed by atoms with E-state index in [9.17, 15) is 4.79 Å². The first-order valence-electron chi connectivity index (χ1n) is 8.24. The number of carbonyl (C=O) groups excluding carboxylic acids is 1. The average molecular weight is 342 g/mol. The van der Waals surface area contributed by atoms with E-state index in [4.69, 9.17) is 14.0 Å². The van der Waals surface area contributed by atoms with Gasteiger partial charge < -0.3 is 14.0 Å². The molecular weight excluding hydrogens is 319 g/mol. The number of ether oxygens (including phenoxy) is 1. The molecule has 0 bridgehead atoms. The molecule has 1 aromatic carbocycles. The molecule has 7 heteroatoms. The molecule has 0 spiro atoms. The van der Waals surface area contributed by atoms with Gasteiger partial charge in [0.15, 0.2) is 0 Å². The first kappa shape index (κ1) is 17.5. The summed E-state index contributed by atoms with van der Waals surface area (Å²) >= 11 is 0. The van der Waals surface area contributed by atoms with Gasteiger partial charge >= 0.3 is 13.2 Å². The van der Waals surface area contributed by atoms with E-state index in [0.29, 0.717) is 11.3 Å². The van der Waals surface area contributed by atoms with Gasteiger partial charge in [0.1, 0.15) is 11.2 Å². The van der Waals surface area contributed by atoms with E-state index < -0.39 is 24.4 Å². The highest BCUT2D eigenvalue weighted by Gasteiger charge is 2.43. The van der Waals surface area contributed by atoms with Crippen molar-refractivity contribution in [2.24, 2.45) is 0 Å². The van der Waals surface area contributed by atoms with Gasteiger partial charge in [0, 0.05) is 5.39 Å². The predicted octanol–water partition coefficient (Wildman–Crippen LogP) is 3.16. The zero-order valence-corrected chi connectivity index (χ0v) is 15.5. The van der Waals surface area contributed by atoms with Gasteiger partial charge in [-0.2, -0.15) is 9.78 Å². The molecule has 0 amide bonds. The normalized spacial score (nSPS) is 17.0. The molecule has 0 N–H and O–H groups in total. The average Bonchev–Trinajstić information content (AvgIpc) is 2.95. The third-order valence-corrected chi connectivity index (χ3v) is 4.05. The molecule has 2 aromatic rings. The maximum Gasteiger partial charge on any atom is 0.563 e. The van der Waals surface area contributed by atoms with Crippen molar-refractivity contribution >= 4 is 29.6 Å². The van der Waals surface area contributed by atoms with E-state index in [2.05, 4.69) is 11.7 Å². The molecule has 1 aliphatic rings. The summed E-state index contributed by atoms with van der Waals surface area (Å²) in [5.41, 5.74) is 1.16. The molecule has 132 valence electrons. The fraction of sp³-hybridized carbons (Fsp3) is 0.444. The molecule has 1 aliphatic heterocycles. The molecule has 0 atom stereocenters. The zero-order chi connectivity index (χ0) is 18.6. The van der Waals surface area contributed by atoms with Crippen LogP contribution in [0.4, 0.5) is 4.79 Å². The van der Waals surface area contributed by atoms with E-state index >= 15 is 0 Å². The summed E-state index contributed by atoms with van der Waals surface area (Å²) in [4.78, 5) is 12.4. The fourth-order valence-corrected chi connectivity index (χ4v) is 2.64. The number of benzene rings is 1. The van der Waals surface area contributed by atoms with E-state index in [1.165, 1.54) is 4.68 Å².